The Morgan fingerprint density at radius 3 is 2.35 bits per heavy atom. The van der Waals surface area contributed by atoms with Gasteiger partial charge >= 0.3 is 0 Å². The summed E-state index contributed by atoms with van der Waals surface area (Å²) in [6, 6.07) is 12.1. The van der Waals surface area contributed by atoms with E-state index in [4.69, 9.17) is 5.73 Å². The van der Waals surface area contributed by atoms with Gasteiger partial charge in [-0.25, -0.2) is 0 Å². The topological polar surface area (TPSA) is 68.0 Å². The van der Waals surface area contributed by atoms with Gasteiger partial charge in [-0.2, -0.15) is 0 Å². The summed E-state index contributed by atoms with van der Waals surface area (Å²) < 4.78 is 0. The second-order valence-corrected chi connectivity index (χ2v) is 7.02. The summed E-state index contributed by atoms with van der Waals surface area (Å²) in [5.74, 6) is -0.0654. The van der Waals surface area contributed by atoms with E-state index in [1.807, 2.05) is 31.2 Å². The van der Waals surface area contributed by atoms with Crippen LogP contribution in [-0.2, 0) is 11.2 Å². The highest BCUT2D eigenvalue weighted by Crippen LogP contribution is 2.32. The molecule has 0 saturated heterocycles. The van der Waals surface area contributed by atoms with Crippen LogP contribution < -0.4 is 11.1 Å². The first-order chi connectivity index (χ1) is 11.5. The zero-order chi connectivity index (χ0) is 17.0. The number of carbonyl (C=O) groups is 1. The van der Waals surface area contributed by atoms with Crippen LogP contribution in [-0.4, -0.2) is 16.4 Å². The van der Waals surface area contributed by atoms with Crippen molar-refractivity contribution >= 4 is 36.4 Å². The van der Waals surface area contributed by atoms with Crippen molar-refractivity contribution in [3.63, 3.8) is 0 Å². The zero-order valence-electron chi connectivity index (χ0n) is 15.0. The fraction of sp³-hybridized carbons (Fsp3) is 0.400. The smallest absolute Gasteiger partial charge is 0.229 e. The molecule has 0 aliphatic heterocycles. The molecule has 1 saturated carbocycles. The maximum absolute atomic E-state index is 12.6. The third-order valence-corrected chi connectivity index (χ3v) is 4.95. The molecule has 4 nitrogen and oxygen atoms in total. The molecule has 1 aliphatic carbocycles. The molecule has 3 rings (SSSR count). The number of rotatable bonds is 4. The van der Waals surface area contributed by atoms with Crippen molar-refractivity contribution in [1.29, 1.82) is 0 Å². The molecule has 1 fully saturated rings. The number of carbonyl (C=O) groups excluding carboxylic acids is 1. The summed E-state index contributed by atoms with van der Waals surface area (Å²) >= 11 is 0. The van der Waals surface area contributed by atoms with Gasteiger partial charge < -0.3 is 11.1 Å². The lowest BCUT2D eigenvalue weighted by Gasteiger charge is -2.37. The number of halogens is 2. The Hall–Kier alpha value is -1.62. The molecule has 2 atom stereocenters. The molecule has 0 spiro atoms. The van der Waals surface area contributed by atoms with Gasteiger partial charge in [-0.05, 0) is 61.6 Å². The minimum Gasteiger partial charge on any atom is -0.326 e. The Labute approximate surface area is 167 Å². The molecular formula is C20H27Cl2N3O. The lowest BCUT2D eigenvalue weighted by molar-refractivity contribution is -0.122. The second-order valence-electron chi connectivity index (χ2n) is 7.02. The number of benzene rings is 1. The van der Waals surface area contributed by atoms with Gasteiger partial charge in [0.2, 0.25) is 5.91 Å². The van der Waals surface area contributed by atoms with Crippen molar-refractivity contribution < 1.29 is 4.79 Å². The summed E-state index contributed by atoms with van der Waals surface area (Å²) in [5.41, 5.74) is 9.19. The van der Waals surface area contributed by atoms with Crippen LogP contribution in [0.4, 0.5) is 5.69 Å². The quantitative estimate of drug-likeness (QED) is 0.807. The van der Waals surface area contributed by atoms with Gasteiger partial charge in [0, 0.05) is 23.6 Å². The first-order valence-corrected chi connectivity index (χ1v) is 8.62. The maximum Gasteiger partial charge on any atom is 0.229 e. The van der Waals surface area contributed by atoms with Crippen LogP contribution in [0, 0.1) is 5.92 Å². The average Bonchev–Trinajstić information content (AvgIpc) is 2.57. The van der Waals surface area contributed by atoms with E-state index in [1.54, 1.807) is 12.4 Å². The molecular weight excluding hydrogens is 369 g/mol. The largest absolute Gasteiger partial charge is 0.326 e. The number of hydrogen-bond donors (Lipinski definition) is 2. The molecule has 1 amide bonds. The third kappa shape index (κ3) is 5.70. The van der Waals surface area contributed by atoms with E-state index in [2.05, 4.69) is 22.4 Å². The minimum absolute atomic E-state index is 0. The number of anilines is 1. The van der Waals surface area contributed by atoms with Gasteiger partial charge in [-0.15, -0.1) is 24.8 Å². The Morgan fingerprint density at radius 2 is 1.73 bits per heavy atom. The van der Waals surface area contributed by atoms with Gasteiger partial charge in [-0.3, -0.25) is 9.78 Å². The lowest BCUT2D eigenvalue weighted by Crippen LogP contribution is -2.51. The van der Waals surface area contributed by atoms with E-state index in [1.165, 1.54) is 11.1 Å². The predicted molar refractivity (Wildman–Crippen MR) is 111 cm³/mol. The molecule has 0 bridgehead atoms. The van der Waals surface area contributed by atoms with E-state index < -0.39 is 5.54 Å². The van der Waals surface area contributed by atoms with Crippen molar-refractivity contribution in [3.05, 3.63) is 59.9 Å². The van der Waals surface area contributed by atoms with Gasteiger partial charge in [0.05, 0.1) is 5.92 Å². The van der Waals surface area contributed by atoms with E-state index in [9.17, 15) is 4.79 Å². The predicted octanol–water partition coefficient (Wildman–Crippen LogP) is 4.36. The number of nitrogens with one attached hydrogen (secondary N) is 1. The second kappa shape index (κ2) is 9.91. The van der Waals surface area contributed by atoms with E-state index in [0.29, 0.717) is 0 Å². The Morgan fingerprint density at radius 1 is 1.12 bits per heavy atom. The first kappa shape index (κ1) is 22.4. The molecule has 0 radical (unpaired) electrons. The molecule has 142 valence electrons. The summed E-state index contributed by atoms with van der Waals surface area (Å²) in [7, 11) is 0. The molecule has 1 aromatic heterocycles. The first-order valence-electron chi connectivity index (χ1n) is 8.62. The van der Waals surface area contributed by atoms with Crippen LogP contribution >= 0.6 is 24.8 Å². The van der Waals surface area contributed by atoms with Gasteiger partial charge in [-0.1, -0.05) is 25.0 Å². The summed E-state index contributed by atoms with van der Waals surface area (Å²) in [6.45, 7) is 1.99. The van der Waals surface area contributed by atoms with Crippen LogP contribution in [0.1, 0.15) is 43.7 Å². The molecule has 1 heterocycles. The fourth-order valence-electron chi connectivity index (χ4n) is 3.46. The van der Waals surface area contributed by atoms with Crippen molar-refractivity contribution in [2.45, 2.75) is 44.6 Å². The SMILES string of the molecule is CC1(N)CCCCC1C(=O)Nc1ccc(Cc2ccncc2)cc1.Cl.Cl. The summed E-state index contributed by atoms with van der Waals surface area (Å²) in [6.07, 6.45) is 8.45. The highest BCUT2D eigenvalue weighted by Gasteiger charge is 2.37. The highest BCUT2D eigenvalue weighted by molar-refractivity contribution is 5.93. The minimum atomic E-state index is -0.399. The number of amides is 1. The zero-order valence-corrected chi connectivity index (χ0v) is 16.6. The van der Waals surface area contributed by atoms with E-state index in [0.717, 1.165) is 37.8 Å². The van der Waals surface area contributed by atoms with E-state index in [-0.39, 0.29) is 36.6 Å². The Bertz CT molecular complexity index is 690. The Balaban J connectivity index is 0.00000169. The number of hydrogen-bond acceptors (Lipinski definition) is 3. The summed E-state index contributed by atoms with van der Waals surface area (Å²) in [4.78, 5) is 16.6. The monoisotopic (exact) mass is 395 g/mol. The van der Waals surface area contributed by atoms with Crippen molar-refractivity contribution in [3.8, 4) is 0 Å². The van der Waals surface area contributed by atoms with Crippen LogP contribution in [0.25, 0.3) is 0 Å². The lowest BCUT2D eigenvalue weighted by atomic mass is 9.74. The maximum atomic E-state index is 12.6. The normalized spacial score (nSPS) is 21.8. The van der Waals surface area contributed by atoms with Gasteiger partial charge in [0.15, 0.2) is 0 Å². The third-order valence-electron chi connectivity index (χ3n) is 4.95. The van der Waals surface area contributed by atoms with E-state index >= 15 is 0 Å². The Kier molecular flexibility index (Phi) is 8.54. The summed E-state index contributed by atoms with van der Waals surface area (Å²) in [5, 5.41) is 3.03. The van der Waals surface area contributed by atoms with Crippen LogP contribution in [0.5, 0.6) is 0 Å². The molecule has 2 unspecified atom stereocenters. The molecule has 3 N–H and O–H groups in total. The molecule has 6 heteroatoms. The van der Waals surface area contributed by atoms with Crippen molar-refractivity contribution in [2.75, 3.05) is 5.32 Å². The van der Waals surface area contributed by atoms with Crippen molar-refractivity contribution in [2.24, 2.45) is 11.7 Å². The van der Waals surface area contributed by atoms with Crippen LogP contribution in [0.2, 0.25) is 0 Å². The highest BCUT2D eigenvalue weighted by atomic mass is 35.5. The molecule has 1 aromatic carbocycles. The van der Waals surface area contributed by atoms with Crippen LogP contribution in [0.15, 0.2) is 48.8 Å². The average molecular weight is 396 g/mol. The number of pyridine rings is 1. The van der Waals surface area contributed by atoms with Crippen molar-refractivity contribution in [1.82, 2.24) is 4.98 Å². The number of aromatic nitrogens is 1. The van der Waals surface area contributed by atoms with Crippen LogP contribution in [0.3, 0.4) is 0 Å². The molecule has 26 heavy (non-hydrogen) atoms. The van der Waals surface area contributed by atoms with Gasteiger partial charge in [0.25, 0.3) is 0 Å². The number of nitrogens with two attached hydrogens (primary N) is 1. The number of nitrogens with zero attached hydrogens (tertiary/aromatic N) is 1. The molecule has 2 aromatic rings. The fourth-order valence-corrected chi connectivity index (χ4v) is 3.46. The standard InChI is InChI=1S/C20H25N3O.2ClH/c1-20(21)11-3-2-4-18(20)19(24)23-17-7-5-15(6-8-17)14-16-9-12-22-13-10-16;;/h5-10,12-13,18H,2-4,11,14,21H2,1H3,(H,23,24);2*1H. The molecule has 1 aliphatic rings. The van der Waals surface area contributed by atoms with Gasteiger partial charge in [0.1, 0.15) is 0 Å².